The van der Waals surface area contributed by atoms with Crippen molar-refractivity contribution in [2.75, 3.05) is 12.4 Å². The Morgan fingerprint density at radius 2 is 2.26 bits per heavy atom. The highest BCUT2D eigenvalue weighted by Crippen LogP contribution is 2.27. The van der Waals surface area contributed by atoms with Crippen molar-refractivity contribution in [3.05, 3.63) is 45.5 Å². The summed E-state index contributed by atoms with van der Waals surface area (Å²) in [5, 5.41) is 12.8. The van der Waals surface area contributed by atoms with E-state index in [1.165, 1.54) is 6.07 Å². The number of hydrogen-bond donors (Lipinski definition) is 0. The second-order valence-electron chi connectivity index (χ2n) is 3.68. The van der Waals surface area contributed by atoms with E-state index in [4.69, 9.17) is 4.74 Å². The molecule has 2 rings (SSSR count). The van der Waals surface area contributed by atoms with Crippen LogP contribution in [-0.2, 0) is 0 Å². The minimum atomic E-state index is -0.438. The number of nitrogens with zero attached hydrogens (tertiary/aromatic N) is 2. The molecular formula is C12H12N2O3S2. The van der Waals surface area contributed by atoms with Crippen LogP contribution in [0.1, 0.15) is 5.69 Å². The van der Waals surface area contributed by atoms with Gasteiger partial charge in [0.2, 0.25) is 0 Å². The maximum atomic E-state index is 10.8. The Morgan fingerprint density at radius 3 is 2.95 bits per heavy atom. The Labute approximate surface area is 118 Å². The molecule has 100 valence electrons. The smallest absolute Gasteiger partial charge is 0.310 e. The molecule has 0 saturated heterocycles. The van der Waals surface area contributed by atoms with Crippen LogP contribution in [0.2, 0.25) is 0 Å². The van der Waals surface area contributed by atoms with Crippen LogP contribution in [-0.4, -0.2) is 22.3 Å². The van der Waals surface area contributed by atoms with Crippen molar-refractivity contribution in [1.82, 2.24) is 4.98 Å². The highest BCUT2D eigenvalue weighted by molar-refractivity contribution is 8.01. The van der Waals surface area contributed by atoms with Gasteiger partial charge in [-0.25, -0.2) is 4.98 Å². The molecule has 1 heterocycles. The number of aryl methyl sites for hydroxylation is 1. The van der Waals surface area contributed by atoms with Crippen molar-refractivity contribution in [3.8, 4) is 5.75 Å². The molecule has 0 aliphatic carbocycles. The molecule has 0 N–H and O–H groups in total. The van der Waals surface area contributed by atoms with Crippen LogP contribution in [0.15, 0.2) is 34.0 Å². The van der Waals surface area contributed by atoms with Gasteiger partial charge in [-0.1, -0.05) is 23.9 Å². The molecular weight excluding hydrogens is 284 g/mol. The predicted molar refractivity (Wildman–Crippen MR) is 76.2 cm³/mol. The van der Waals surface area contributed by atoms with Crippen LogP contribution in [0.4, 0.5) is 5.69 Å². The summed E-state index contributed by atoms with van der Waals surface area (Å²) < 4.78 is 6.43. The van der Waals surface area contributed by atoms with Crippen LogP contribution in [0.25, 0.3) is 0 Å². The van der Waals surface area contributed by atoms with E-state index in [-0.39, 0.29) is 5.69 Å². The first-order valence-electron chi connectivity index (χ1n) is 5.58. The zero-order valence-electron chi connectivity index (χ0n) is 10.2. The SMILES string of the molecule is Cc1csc(SCCOc2ccccc2[N+](=O)[O-])n1. The van der Waals surface area contributed by atoms with E-state index in [0.29, 0.717) is 18.1 Å². The number of rotatable bonds is 6. The molecule has 7 heteroatoms. The lowest BCUT2D eigenvalue weighted by Gasteiger charge is -2.05. The minimum absolute atomic E-state index is 0.00223. The average molecular weight is 296 g/mol. The molecule has 0 atom stereocenters. The van der Waals surface area contributed by atoms with Crippen LogP contribution in [0, 0.1) is 17.0 Å². The number of ether oxygens (including phenoxy) is 1. The summed E-state index contributed by atoms with van der Waals surface area (Å²) in [4.78, 5) is 14.7. The first-order chi connectivity index (χ1) is 9.16. The second-order valence-corrected chi connectivity index (χ2v) is 5.88. The Kier molecular flexibility index (Phi) is 4.75. The molecule has 0 radical (unpaired) electrons. The first-order valence-corrected chi connectivity index (χ1v) is 7.44. The summed E-state index contributed by atoms with van der Waals surface area (Å²) in [6, 6.07) is 6.39. The first kappa shape index (κ1) is 13.8. The number of benzene rings is 1. The van der Waals surface area contributed by atoms with Gasteiger partial charge in [0.05, 0.1) is 11.5 Å². The van der Waals surface area contributed by atoms with Crippen molar-refractivity contribution in [3.63, 3.8) is 0 Å². The Bertz CT molecular complexity index is 572. The summed E-state index contributed by atoms with van der Waals surface area (Å²) >= 11 is 3.18. The van der Waals surface area contributed by atoms with Gasteiger partial charge >= 0.3 is 5.69 Å². The number of para-hydroxylation sites is 2. The predicted octanol–water partition coefficient (Wildman–Crippen LogP) is 3.53. The number of aromatic nitrogens is 1. The number of nitro benzene ring substituents is 1. The molecule has 1 aromatic heterocycles. The molecule has 1 aromatic carbocycles. The van der Waals surface area contributed by atoms with E-state index >= 15 is 0 Å². The lowest BCUT2D eigenvalue weighted by atomic mass is 10.3. The Hall–Kier alpha value is -1.60. The number of nitro groups is 1. The van der Waals surface area contributed by atoms with Gasteiger partial charge in [-0.3, -0.25) is 10.1 Å². The van der Waals surface area contributed by atoms with Gasteiger partial charge < -0.3 is 4.74 Å². The van der Waals surface area contributed by atoms with Crippen LogP contribution in [0.3, 0.4) is 0 Å². The number of thioether (sulfide) groups is 1. The molecule has 5 nitrogen and oxygen atoms in total. The Balaban J connectivity index is 1.84. The molecule has 0 saturated carbocycles. The summed E-state index contributed by atoms with van der Waals surface area (Å²) in [6.07, 6.45) is 0. The number of hydrogen-bond acceptors (Lipinski definition) is 6. The van der Waals surface area contributed by atoms with E-state index < -0.39 is 4.92 Å². The highest BCUT2D eigenvalue weighted by Gasteiger charge is 2.13. The molecule has 0 amide bonds. The van der Waals surface area contributed by atoms with E-state index in [1.54, 1.807) is 41.3 Å². The summed E-state index contributed by atoms with van der Waals surface area (Å²) in [6.45, 7) is 2.36. The quantitative estimate of drug-likeness (QED) is 0.353. The van der Waals surface area contributed by atoms with Crippen molar-refractivity contribution >= 4 is 28.8 Å². The highest BCUT2D eigenvalue weighted by atomic mass is 32.2. The fourth-order valence-corrected chi connectivity index (χ4v) is 3.15. The summed E-state index contributed by atoms with van der Waals surface area (Å²) in [5.41, 5.74) is 1.00. The summed E-state index contributed by atoms with van der Waals surface area (Å²) in [7, 11) is 0. The van der Waals surface area contributed by atoms with Gasteiger partial charge in [0, 0.05) is 22.9 Å². The normalized spacial score (nSPS) is 10.4. The monoisotopic (exact) mass is 296 g/mol. The third kappa shape index (κ3) is 3.93. The molecule has 0 unspecified atom stereocenters. The van der Waals surface area contributed by atoms with Crippen molar-refractivity contribution in [2.45, 2.75) is 11.3 Å². The maximum Gasteiger partial charge on any atom is 0.310 e. The molecule has 0 aliphatic rings. The Morgan fingerprint density at radius 1 is 1.47 bits per heavy atom. The van der Waals surface area contributed by atoms with Crippen LogP contribution < -0.4 is 4.74 Å². The molecule has 0 fully saturated rings. The third-order valence-electron chi connectivity index (χ3n) is 2.23. The fraction of sp³-hybridized carbons (Fsp3) is 0.250. The molecule has 2 aromatic rings. The molecule has 0 aliphatic heterocycles. The van der Waals surface area contributed by atoms with Crippen LogP contribution >= 0.6 is 23.1 Å². The summed E-state index contributed by atoms with van der Waals surface area (Å²) in [5.74, 6) is 1.02. The van der Waals surface area contributed by atoms with Crippen molar-refractivity contribution < 1.29 is 9.66 Å². The van der Waals surface area contributed by atoms with E-state index in [2.05, 4.69) is 4.98 Å². The van der Waals surface area contributed by atoms with Crippen LogP contribution in [0.5, 0.6) is 5.75 Å². The zero-order valence-corrected chi connectivity index (χ0v) is 11.9. The second kappa shape index (κ2) is 6.53. The van der Waals surface area contributed by atoms with Crippen molar-refractivity contribution in [1.29, 1.82) is 0 Å². The van der Waals surface area contributed by atoms with Gasteiger partial charge in [0.1, 0.15) is 4.34 Å². The lowest BCUT2D eigenvalue weighted by molar-refractivity contribution is -0.385. The van der Waals surface area contributed by atoms with Gasteiger partial charge in [0.15, 0.2) is 5.75 Å². The van der Waals surface area contributed by atoms with Gasteiger partial charge in [-0.2, -0.15) is 0 Å². The topological polar surface area (TPSA) is 65.3 Å². The molecule has 0 spiro atoms. The zero-order chi connectivity index (χ0) is 13.7. The maximum absolute atomic E-state index is 10.8. The van der Waals surface area contributed by atoms with E-state index in [1.807, 2.05) is 12.3 Å². The molecule has 0 bridgehead atoms. The number of thiazole rings is 1. The lowest BCUT2D eigenvalue weighted by Crippen LogP contribution is -2.02. The van der Waals surface area contributed by atoms with E-state index in [0.717, 1.165) is 10.0 Å². The van der Waals surface area contributed by atoms with Gasteiger partial charge in [-0.05, 0) is 13.0 Å². The van der Waals surface area contributed by atoms with Gasteiger partial charge in [0.25, 0.3) is 0 Å². The average Bonchev–Trinajstić information content (AvgIpc) is 2.81. The minimum Gasteiger partial charge on any atom is -0.486 e. The largest absolute Gasteiger partial charge is 0.486 e. The van der Waals surface area contributed by atoms with Gasteiger partial charge in [-0.15, -0.1) is 11.3 Å². The van der Waals surface area contributed by atoms with Crippen molar-refractivity contribution in [2.24, 2.45) is 0 Å². The fourth-order valence-electron chi connectivity index (χ4n) is 1.41. The molecule has 19 heavy (non-hydrogen) atoms. The third-order valence-corrected chi connectivity index (χ3v) is 4.33. The standard InChI is InChI=1S/C12H12N2O3S2/c1-9-8-19-12(13-9)18-7-6-17-11-5-3-2-4-10(11)14(15)16/h2-5,8H,6-7H2,1H3. The van der Waals surface area contributed by atoms with E-state index in [9.17, 15) is 10.1 Å².